The summed E-state index contributed by atoms with van der Waals surface area (Å²) in [6.45, 7) is 6.32. The second-order valence-electron chi connectivity index (χ2n) is 5.63. The average Bonchev–Trinajstić information content (AvgIpc) is 2.23. The zero-order valence-electron chi connectivity index (χ0n) is 12.8. The Bertz CT molecular complexity index is 360. The molecule has 1 amide bonds. The van der Waals surface area contributed by atoms with Crippen molar-refractivity contribution < 1.29 is 19.2 Å². The number of hydrogen-bond donors (Lipinski definition) is 1. The Balaban J connectivity index is 4.26. The molecule has 1 N–H and O–H groups in total. The Morgan fingerprint density at radius 2 is 1.35 bits per heavy atom. The zero-order chi connectivity index (χ0) is 15.7. The van der Waals surface area contributed by atoms with E-state index >= 15 is 0 Å². The van der Waals surface area contributed by atoms with Crippen molar-refractivity contribution >= 4 is 23.3 Å². The SMILES string of the molecule is CC(=O)CCC(C)CC(=O)NC(CC(C)=O)CC(C)=O. The summed E-state index contributed by atoms with van der Waals surface area (Å²) in [5.74, 6) is -0.0617. The molecular formula is C15H25NO4. The van der Waals surface area contributed by atoms with E-state index in [1.165, 1.54) is 20.8 Å². The van der Waals surface area contributed by atoms with E-state index in [9.17, 15) is 19.2 Å². The fourth-order valence-corrected chi connectivity index (χ4v) is 2.02. The molecule has 0 rings (SSSR count). The largest absolute Gasteiger partial charge is 0.352 e. The number of nitrogens with one attached hydrogen (secondary N) is 1. The first-order chi connectivity index (χ1) is 9.20. The molecule has 114 valence electrons. The molecule has 0 saturated heterocycles. The lowest BCUT2D eigenvalue weighted by atomic mass is 9.99. The van der Waals surface area contributed by atoms with Gasteiger partial charge in [0.15, 0.2) is 0 Å². The van der Waals surface area contributed by atoms with E-state index in [4.69, 9.17) is 0 Å². The van der Waals surface area contributed by atoms with Crippen molar-refractivity contribution in [3.63, 3.8) is 0 Å². The maximum Gasteiger partial charge on any atom is 0.220 e. The molecule has 20 heavy (non-hydrogen) atoms. The number of amides is 1. The molecule has 0 aromatic carbocycles. The summed E-state index contributed by atoms with van der Waals surface area (Å²) in [5.41, 5.74) is 0. The molecule has 5 nitrogen and oxygen atoms in total. The van der Waals surface area contributed by atoms with Gasteiger partial charge in [0, 0.05) is 31.7 Å². The first-order valence-electron chi connectivity index (χ1n) is 6.98. The lowest BCUT2D eigenvalue weighted by molar-refractivity contribution is -0.124. The molecule has 0 radical (unpaired) electrons. The number of rotatable bonds is 10. The van der Waals surface area contributed by atoms with Gasteiger partial charge in [-0.05, 0) is 33.1 Å². The van der Waals surface area contributed by atoms with Gasteiger partial charge in [-0.3, -0.25) is 14.4 Å². The van der Waals surface area contributed by atoms with Crippen molar-refractivity contribution in [2.75, 3.05) is 0 Å². The molecule has 0 saturated carbocycles. The molecule has 0 aliphatic heterocycles. The molecule has 0 fully saturated rings. The van der Waals surface area contributed by atoms with Gasteiger partial charge < -0.3 is 10.1 Å². The second-order valence-corrected chi connectivity index (χ2v) is 5.63. The number of hydrogen-bond acceptors (Lipinski definition) is 4. The van der Waals surface area contributed by atoms with Crippen LogP contribution < -0.4 is 5.32 Å². The minimum Gasteiger partial charge on any atom is -0.352 e. The fourth-order valence-electron chi connectivity index (χ4n) is 2.02. The molecule has 0 heterocycles. The highest BCUT2D eigenvalue weighted by Gasteiger charge is 2.18. The van der Waals surface area contributed by atoms with E-state index in [0.29, 0.717) is 19.3 Å². The molecule has 1 atom stereocenters. The van der Waals surface area contributed by atoms with Crippen molar-refractivity contribution in [2.24, 2.45) is 5.92 Å². The molecule has 0 spiro atoms. The summed E-state index contributed by atoms with van der Waals surface area (Å²) in [6, 6.07) is -0.419. The molecule has 0 aliphatic carbocycles. The van der Waals surface area contributed by atoms with Gasteiger partial charge in [-0.15, -0.1) is 0 Å². The topological polar surface area (TPSA) is 80.3 Å². The van der Waals surface area contributed by atoms with Crippen molar-refractivity contribution in [1.29, 1.82) is 0 Å². The maximum atomic E-state index is 11.9. The minimum absolute atomic E-state index is 0.0545. The Hall–Kier alpha value is -1.52. The summed E-state index contributed by atoms with van der Waals surface area (Å²) >= 11 is 0. The normalized spacial score (nSPS) is 12.1. The third kappa shape index (κ3) is 10.4. The van der Waals surface area contributed by atoms with Crippen LogP contribution in [-0.4, -0.2) is 29.3 Å². The van der Waals surface area contributed by atoms with Crippen molar-refractivity contribution in [3.05, 3.63) is 0 Å². The summed E-state index contributed by atoms with van der Waals surface area (Å²) < 4.78 is 0. The molecule has 0 aliphatic rings. The van der Waals surface area contributed by atoms with Crippen LogP contribution in [0.4, 0.5) is 0 Å². The minimum atomic E-state index is -0.419. The van der Waals surface area contributed by atoms with E-state index in [-0.39, 0.29) is 42.0 Å². The highest BCUT2D eigenvalue weighted by molar-refractivity contribution is 5.82. The standard InChI is InChI=1S/C15H25NO4/c1-10(5-6-11(2)17)7-15(20)16-14(8-12(3)18)9-13(4)19/h10,14H,5-9H2,1-4H3,(H,16,20). The van der Waals surface area contributed by atoms with Crippen LogP contribution in [-0.2, 0) is 19.2 Å². The monoisotopic (exact) mass is 283 g/mol. The molecule has 1 unspecified atom stereocenters. The lowest BCUT2D eigenvalue weighted by Crippen LogP contribution is -2.38. The van der Waals surface area contributed by atoms with Gasteiger partial charge in [-0.2, -0.15) is 0 Å². The Morgan fingerprint density at radius 3 is 1.75 bits per heavy atom. The summed E-state index contributed by atoms with van der Waals surface area (Å²) in [7, 11) is 0. The first-order valence-corrected chi connectivity index (χ1v) is 6.98. The fraction of sp³-hybridized carbons (Fsp3) is 0.733. The average molecular weight is 283 g/mol. The van der Waals surface area contributed by atoms with Gasteiger partial charge in [-0.25, -0.2) is 0 Å². The quantitative estimate of drug-likeness (QED) is 0.663. The van der Waals surface area contributed by atoms with E-state index in [1.807, 2.05) is 6.92 Å². The van der Waals surface area contributed by atoms with Gasteiger partial charge in [0.2, 0.25) is 5.91 Å². The van der Waals surface area contributed by atoms with Crippen LogP contribution in [0.5, 0.6) is 0 Å². The second kappa shape index (κ2) is 9.39. The van der Waals surface area contributed by atoms with Gasteiger partial charge in [0.25, 0.3) is 0 Å². The van der Waals surface area contributed by atoms with Crippen LogP contribution in [0.15, 0.2) is 0 Å². The Kier molecular flexibility index (Phi) is 8.68. The predicted molar refractivity (Wildman–Crippen MR) is 76.2 cm³/mol. The Labute approximate surface area is 120 Å². The van der Waals surface area contributed by atoms with E-state index in [1.54, 1.807) is 0 Å². The molecule has 0 bridgehead atoms. The molecule has 0 aromatic rings. The van der Waals surface area contributed by atoms with Gasteiger partial charge in [-0.1, -0.05) is 6.92 Å². The van der Waals surface area contributed by atoms with Gasteiger partial charge >= 0.3 is 0 Å². The van der Waals surface area contributed by atoms with E-state index < -0.39 is 6.04 Å². The number of carbonyl (C=O) groups excluding carboxylic acids is 4. The molecule has 5 heteroatoms. The third-order valence-electron chi connectivity index (χ3n) is 2.96. The third-order valence-corrected chi connectivity index (χ3v) is 2.96. The van der Waals surface area contributed by atoms with Crippen LogP contribution >= 0.6 is 0 Å². The predicted octanol–water partition coefficient (Wildman–Crippen LogP) is 1.82. The van der Waals surface area contributed by atoms with Crippen LogP contribution in [0.1, 0.15) is 59.8 Å². The lowest BCUT2D eigenvalue weighted by Gasteiger charge is -2.18. The smallest absolute Gasteiger partial charge is 0.220 e. The van der Waals surface area contributed by atoms with Gasteiger partial charge in [0.1, 0.15) is 17.3 Å². The molecular weight excluding hydrogens is 258 g/mol. The Morgan fingerprint density at radius 1 is 0.850 bits per heavy atom. The van der Waals surface area contributed by atoms with Crippen LogP contribution in [0.2, 0.25) is 0 Å². The van der Waals surface area contributed by atoms with E-state index in [2.05, 4.69) is 5.32 Å². The molecule has 0 aromatic heterocycles. The van der Waals surface area contributed by atoms with Crippen molar-refractivity contribution in [3.8, 4) is 0 Å². The van der Waals surface area contributed by atoms with Gasteiger partial charge in [0.05, 0.1) is 0 Å². The highest BCUT2D eigenvalue weighted by Crippen LogP contribution is 2.11. The van der Waals surface area contributed by atoms with E-state index in [0.717, 1.165) is 0 Å². The van der Waals surface area contributed by atoms with Crippen LogP contribution in [0, 0.1) is 5.92 Å². The first kappa shape index (κ1) is 18.5. The highest BCUT2D eigenvalue weighted by atomic mass is 16.2. The van der Waals surface area contributed by atoms with Crippen LogP contribution in [0.3, 0.4) is 0 Å². The number of Topliss-reactive ketones (excluding diaryl/α,β-unsaturated/α-hetero) is 3. The van der Waals surface area contributed by atoms with Crippen molar-refractivity contribution in [2.45, 2.75) is 65.8 Å². The summed E-state index contributed by atoms with van der Waals surface area (Å²) in [5, 5.41) is 2.73. The maximum absolute atomic E-state index is 11.9. The number of ketones is 3. The zero-order valence-corrected chi connectivity index (χ0v) is 12.8. The summed E-state index contributed by atoms with van der Waals surface area (Å²) in [6.07, 6.45) is 1.80. The summed E-state index contributed by atoms with van der Waals surface area (Å²) in [4.78, 5) is 45.0. The number of carbonyl (C=O) groups is 4. The van der Waals surface area contributed by atoms with Crippen molar-refractivity contribution in [1.82, 2.24) is 5.32 Å². The van der Waals surface area contributed by atoms with Crippen LogP contribution in [0.25, 0.3) is 0 Å².